The van der Waals surface area contributed by atoms with Gasteiger partial charge in [0.2, 0.25) is 5.95 Å². The number of hydrogen-bond donors (Lipinski definition) is 1. The second-order valence-electron chi connectivity index (χ2n) is 3.40. The molecule has 0 bridgehead atoms. The Balaban J connectivity index is 2.23. The molecule has 15 heavy (non-hydrogen) atoms. The number of aryl methyl sites for hydroxylation is 1. The molecular weight excluding hydrogens is 188 g/mol. The Morgan fingerprint density at radius 2 is 2.47 bits per heavy atom. The fraction of sp³-hybridized carbons (Fsp3) is 0.273. The predicted octanol–water partition coefficient (Wildman–Crippen LogP) is 2.03. The number of aromatic nitrogens is 3. The van der Waals surface area contributed by atoms with Gasteiger partial charge in [-0.15, -0.1) is 11.7 Å². The monoisotopic (exact) mass is 202 g/mol. The molecule has 2 aromatic rings. The molecule has 1 N–H and O–H groups in total. The summed E-state index contributed by atoms with van der Waals surface area (Å²) < 4.78 is 1.78. The van der Waals surface area contributed by atoms with Crippen LogP contribution in [0.25, 0.3) is 5.65 Å². The first kappa shape index (κ1) is 9.71. The van der Waals surface area contributed by atoms with Gasteiger partial charge in [-0.1, -0.05) is 12.1 Å². The third-order valence-electron chi connectivity index (χ3n) is 2.19. The molecule has 0 saturated carbocycles. The standard InChI is InChI=1S/C11H14N4/c1-3-4-7-12-11-13-10-9(2)6-5-8-15(10)14-11/h3,5-6,8H,1,4,7H2,2H3,(H,12,14). The number of nitrogens with one attached hydrogen (secondary N) is 1. The van der Waals surface area contributed by atoms with Crippen molar-refractivity contribution in [3.8, 4) is 0 Å². The molecule has 0 aliphatic carbocycles. The molecule has 2 rings (SSSR count). The van der Waals surface area contributed by atoms with Crippen LogP contribution in [0.1, 0.15) is 12.0 Å². The van der Waals surface area contributed by atoms with Crippen LogP contribution in [0.4, 0.5) is 5.95 Å². The van der Waals surface area contributed by atoms with E-state index < -0.39 is 0 Å². The Labute approximate surface area is 88.6 Å². The van der Waals surface area contributed by atoms with E-state index in [0.29, 0.717) is 5.95 Å². The molecule has 4 heteroatoms. The minimum absolute atomic E-state index is 0.672. The third-order valence-corrected chi connectivity index (χ3v) is 2.19. The van der Waals surface area contributed by atoms with Crippen molar-refractivity contribution in [3.05, 3.63) is 36.5 Å². The van der Waals surface area contributed by atoms with Crippen molar-refractivity contribution < 1.29 is 0 Å². The molecule has 0 atom stereocenters. The topological polar surface area (TPSA) is 42.2 Å². The fourth-order valence-electron chi connectivity index (χ4n) is 1.40. The number of nitrogens with zero attached hydrogens (tertiary/aromatic N) is 3. The zero-order valence-corrected chi connectivity index (χ0v) is 8.77. The zero-order valence-electron chi connectivity index (χ0n) is 8.77. The van der Waals surface area contributed by atoms with Crippen LogP contribution < -0.4 is 5.32 Å². The highest BCUT2D eigenvalue weighted by Crippen LogP contribution is 2.09. The minimum atomic E-state index is 0.672. The smallest absolute Gasteiger partial charge is 0.243 e. The van der Waals surface area contributed by atoms with E-state index >= 15 is 0 Å². The van der Waals surface area contributed by atoms with Crippen molar-refractivity contribution in [1.82, 2.24) is 14.6 Å². The Kier molecular flexibility index (Phi) is 2.67. The van der Waals surface area contributed by atoms with E-state index in [0.717, 1.165) is 24.2 Å². The van der Waals surface area contributed by atoms with Crippen molar-refractivity contribution in [2.24, 2.45) is 0 Å². The van der Waals surface area contributed by atoms with Gasteiger partial charge in [0.15, 0.2) is 5.65 Å². The largest absolute Gasteiger partial charge is 0.353 e. The summed E-state index contributed by atoms with van der Waals surface area (Å²) in [6.45, 7) is 6.51. The maximum absolute atomic E-state index is 4.39. The number of fused-ring (bicyclic) bond motifs is 1. The van der Waals surface area contributed by atoms with Gasteiger partial charge >= 0.3 is 0 Å². The van der Waals surface area contributed by atoms with Gasteiger partial charge in [-0.25, -0.2) is 4.52 Å². The number of hydrogen-bond acceptors (Lipinski definition) is 3. The molecule has 0 saturated heterocycles. The summed E-state index contributed by atoms with van der Waals surface area (Å²) in [7, 11) is 0. The van der Waals surface area contributed by atoms with Crippen LogP contribution in [0.2, 0.25) is 0 Å². The van der Waals surface area contributed by atoms with E-state index in [9.17, 15) is 0 Å². The first-order chi connectivity index (χ1) is 7.31. The van der Waals surface area contributed by atoms with Gasteiger partial charge in [0.1, 0.15) is 0 Å². The van der Waals surface area contributed by atoms with Gasteiger partial charge in [-0.05, 0) is 25.0 Å². The Hall–Kier alpha value is -1.84. The lowest BCUT2D eigenvalue weighted by Crippen LogP contribution is -2.01. The Bertz CT molecular complexity index is 472. The SMILES string of the molecule is C=CCCNc1nc2c(C)cccn2n1. The summed E-state index contributed by atoms with van der Waals surface area (Å²) in [5, 5.41) is 7.45. The van der Waals surface area contributed by atoms with Crippen LogP contribution in [0.15, 0.2) is 31.0 Å². The fourth-order valence-corrected chi connectivity index (χ4v) is 1.40. The van der Waals surface area contributed by atoms with Gasteiger partial charge in [0, 0.05) is 12.7 Å². The summed E-state index contributed by atoms with van der Waals surface area (Å²) in [6.07, 6.45) is 4.68. The molecule has 0 radical (unpaired) electrons. The van der Waals surface area contributed by atoms with E-state index in [4.69, 9.17) is 0 Å². The van der Waals surface area contributed by atoms with Gasteiger partial charge in [0.25, 0.3) is 0 Å². The zero-order chi connectivity index (χ0) is 10.7. The Morgan fingerprint density at radius 3 is 3.20 bits per heavy atom. The van der Waals surface area contributed by atoms with Crippen LogP contribution in [-0.4, -0.2) is 21.1 Å². The maximum atomic E-state index is 4.39. The number of anilines is 1. The first-order valence-corrected chi connectivity index (χ1v) is 4.98. The molecule has 0 aromatic carbocycles. The van der Waals surface area contributed by atoms with Crippen molar-refractivity contribution in [1.29, 1.82) is 0 Å². The molecule has 0 aliphatic heterocycles. The molecule has 78 valence electrons. The lowest BCUT2D eigenvalue weighted by molar-refractivity contribution is 0.942. The third kappa shape index (κ3) is 1.98. The van der Waals surface area contributed by atoms with Crippen molar-refractivity contribution >= 4 is 11.6 Å². The van der Waals surface area contributed by atoms with E-state index in [-0.39, 0.29) is 0 Å². The molecule has 0 spiro atoms. The average molecular weight is 202 g/mol. The van der Waals surface area contributed by atoms with Gasteiger partial charge in [-0.3, -0.25) is 0 Å². The van der Waals surface area contributed by atoms with E-state index in [1.165, 1.54) is 0 Å². The first-order valence-electron chi connectivity index (χ1n) is 4.98. The highest BCUT2D eigenvalue weighted by molar-refractivity contribution is 5.49. The highest BCUT2D eigenvalue weighted by Gasteiger charge is 2.03. The van der Waals surface area contributed by atoms with Gasteiger partial charge in [-0.2, -0.15) is 4.98 Å². The van der Waals surface area contributed by atoms with Crippen LogP contribution in [0.3, 0.4) is 0 Å². The van der Waals surface area contributed by atoms with Crippen molar-refractivity contribution in [3.63, 3.8) is 0 Å². The summed E-state index contributed by atoms with van der Waals surface area (Å²) in [5.41, 5.74) is 2.03. The summed E-state index contributed by atoms with van der Waals surface area (Å²) in [6, 6.07) is 3.99. The van der Waals surface area contributed by atoms with E-state index in [2.05, 4.69) is 22.0 Å². The molecular formula is C11H14N4. The summed E-state index contributed by atoms with van der Waals surface area (Å²) in [5.74, 6) is 0.672. The second kappa shape index (κ2) is 4.13. The van der Waals surface area contributed by atoms with E-state index in [1.54, 1.807) is 4.52 Å². The van der Waals surface area contributed by atoms with Crippen molar-refractivity contribution in [2.45, 2.75) is 13.3 Å². The van der Waals surface area contributed by atoms with Gasteiger partial charge in [0.05, 0.1) is 0 Å². The number of rotatable bonds is 4. The minimum Gasteiger partial charge on any atom is -0.353 e. The molecule has 0 unspecified atom stereocenters. The van der Waals surface area contributed by atoms with Gasteiger partial charge < -0.3 is 5.32 Å². The lowest BCUT2D eigenvalue weighted by atomic mass is 10.3. The molecule has 0 amide bonds. The maximum Gasteiger partial charge on any atom is 0.243 e. The molecule has 0 aliphatic rings. The second-order valence-corrected chi connectivity index (χ2v) is 3.40. The van der Waals surface area contributed by atoms with Crippen molar-refractivity contribution in [2.75, 3.05) is 11.9 Å². The summed E-state index contributed by atoms with van der Waals surface area (Å²) >= 11 is 0. The molecule has 2 aromatic heterocycles. The van der Waals surface area contributed by atoms with Crippen LogP contribution in [0, 0.1) is 6.92 Å². The highest BCUT2D eigenvalue weighted by atomic mass is 15.3. The average Bonchev–Trinajstić information content (AvgIpc) is 2.63. The van der Waals surface area contributed by atoms with E-state index in [1.807, 2.05) is 31.3 Å². The van der Waals surface area contributed by atoms with Crippen LogP contribution >= 0.6 is 0 Å². The van der Waals surface area contributed by atoms with Crippen LogP contribution in [-0.2, 0) is 0 Å². The molecule has 4 nitrogen and oxygen atoms in total. The summed E-state index contributed by atoms with van der Waals surface area (Å²) in [4.78, 5) is 4.39. The quantitative estimate of drug-likeness (QED) is 0.609. The van der Waals surface area contributed by atoms with Crippen LogP contribution in [0.5, 0.6) is 0 Å². The Morgan fingerprint density at radius 1 is 1.60 bits per heavy atom. The lowest BCUT2D eigenvalue weighted by Gasteiger charge is -1.95. The normalized spacial score (nSPS) is 10.5. The molecule has 0 fully saturated rings. The molecule has 2 heterocycles. The number of pyridine rings is 1. The predicted molar refractivity (Wildman–Crippen MR) is 61.0 cm³/mol.